The van der Waals surface area contributed by atoms with Crippen LogP contribution in [0.15, 0.2) is 41.0 Å². The summed E-state index contributed by atoms with van der Waals surface area (Å²) in [7, 11) is 0. The Hall–Kier alpha value is -2.27. The van der Waals surface area contributed by atoms with Gasteiger partial charge in [-0.05, 0) is 37.6 Å². The van der Waals surface area contributed by atoms with Crippen LogP contribution in [0.5, 0.6) is 0 Å². The van der Waals surface area contributed by atoms with E-state index in [1.165, 1.54) is 19.3 Å². The quantitative estimate of drug-likeness (QED) is 0.909. The molecule has 0 aliphatic carbocycles. The van der Waals surface area contributed by atoms with Gasteiger partial charge in [-0.1, -0.05) is 23.7 Å². The number of nitrogens with two attached hydrogens (primary N) is 1. The highest BCUT2D eigenvalue weighted by atomic mass is 35.5. The van der Waals surface area contributed by atoms with Crippen LogP contribution in [0.25, 0.3) is 0 Å². The first-order valence-corrected chi connectivity index (χ1v) is 6.65. The maximum Gasteiger partial charge on any atom is 0.255 e. The van der Waals surface area contributed by atoms with Gasteiger partial charge in [-0.25, -0.2) is 0 Å². The lowest BCUT2D eigenvalue weighted by molar-refractivity contribution is -0.123. The normalized spacial score (nSPS) is 13.5. The molecule has 0 aliphatic heterocycles. The summed E-state index contributed by atoms with van der Waals surface area (Å²) in [5.74, 6) is -0.660. The molecule has 0 saturated heterocycles. The Morgan fingerprint density at radius 2 is 2.05 bits per heavy atom. The molecule has 2 amide bonds. The number of rotatable bonds is 4. The molecule has 1 aromatic carbocycles. The molecule has 0 saturated carbocycles. The summed E-state index contributed by atoms with van der Waals surface area (Å²) in [6.07, 6.45) is 1.41. The van der Waals surface area contributed by atoms with E-state index in [0.29, 0.717) is 21.9 Å². The van der Waals surface area contributed by atoms with Crippen molar-refractivity contribution in [1.82, 2.24) is 5.32 Å². The molecule has 5 nitrogen and oxygen atoms in total. The Morgan fingerprint density at radius 3 is 2.57 bits per heavy atom. The third-order valence-electron chi connectivity index (χ3n) is 3.36. The summed E-state index contributed by atoms with van der Waals surface area (Å²) < 4.78 is 5.09. The topological polar surface area (TPSA) is 85.3 Å². The van der Waals surface area contributed by atoms with E-state index in [0.717, 1.165) is 0 Å². The van der Waals surface area contributed by atoms with Crippen molar-refractivity contribution in [2.75, 3.05) is 0 Å². The highest BCUT2D eigenvalue weighted by Gasteiger charge is 2.36. The van der Waals surface area contributed by atoms with Gasteiger partial charge in [-0.15, -0.1) is 0 Å². The highest BCUT2D eigenvalue weighted by Crippen LogP contribution is 2.24. The van der Waals surface area contributed by atoms with Crippen molar-refractivity contribution in [3.8, 4) is 0 Å². The summed E-state index contributed by atoms with van der Waals surface area (Å²) in [4.78, 5) is 24.2. The summed E-state index contributed by atoms with van der Waals surface area (Å²) in [6.45, 7) is 3.20. The Balaban J connectivity index is 2.38. The molecule has 2 aromatic rings. The van der Waals surface area contributed by atoms with Crippen molar-refractivity contribution in [1.29, 1.82) is 0 Å². The predicted molar refractivity (Wildman–Crippen MR) is 78.9 cm³/mol. The van der Waals surface area contributed by atoms with Gasteiger partial charge in [0.25, 0.3) is 5.91 Å². The van der Waals surface area contributed by atoms with Crippen molar-refractivity contribution in [2.45, 2.75) is 19.4 Å². The zero-order valence-corrected chi connectivity index (χ0v) is 12.4. The number of halogens is 1. The van der Waals surface area contributed by atoms with Gasteiger partial charge in [0.2, 0.25) is 5.91 Å². The summed E-state index contributed by atoms with van der Waals surface area (Å²) in [6, 6.07) is 8.17. The smallest absolute Gasteiger partial charge is 0.255 e. The molecule has 6 heteroatoms. The third kappa shape index (κ3) is 2.92. The van der Waals surface area contributed by atoms with E-state index in [1.54, 1.807) is 31.2 Å². The lowest BCUT2D eigenvalue weighted by Gasteiger charge is -2.28. The fraction of sp³-hybridized carbons (Fsp3) is 0.200. The molecule has 0 unspecified atom stereocenters. The van der Waals surface area contributed by atoms with E-state index in [-0.39, 0.29) is 0 Å². The number of nitrogens with one attached hydrogen (secondary N) is 1. The molecule has 0 bridgehead atoms. The summed E-state index contributed by atoms with van der Waals surface area (Å²) >= 11 is 5.94. The average Bonchev–Trinajstić information content (AvgIpc) is 2.84. The van der Waals surface area contributed by atoms with Crippen LogP contribution in [0.4, 0.5) is 0 Å². The largest absolute Gasteiger partial charge is 0.469 e. The second kappa shape index (κ2) is 5.61. The molecule has 1 aromatic heterocycles. The maximum absolute atomic E-state index is 12.3. The summed E-state index contributed by atoms with van der Waals surface area (Å²) in [5, 5.41) is 3.10. The SMILES string of the molecule is Cc1occc1C(=O)N[C@](C)(C(N)=O)c1cccc(Cl)c1. The van der Waals surface area contributed by atoms with Crippen LogP contribution >= 0.6 is 11.6 Å². The van der Waals surface area contributed by atoms with Crippen molar-refractivity contribution >= 4 is 23.4 Å². The average molecular weight is 307 g/mol. The Morgan fingerprint density at radius 1 is 1.33 bits per heavy atom. The Labute approximate surface area is 127 Å². The molecule has 110 valence electrons. The molecule has 0 spiro atoms. The van der Waals surface area contributed by atoms with Crippen LogP contribution in [0.2, 0.25) is 5.02 Å². The van der Waals surface area contributed by atoms with Gasteiger partial charge in [0.15, 0.2) is 0 Å². The van der Waals surface area contributed by atoms with Crippen molar-refractivity contribution < 1.29 is 14.0 Å². The van der Waals surface area contributed by atoms with Crippen molar-refractivity contribution in [3.63, 3.8) is 0 Å². The van der Waals surface area contributed by atoms with Crippen LogP contribution in [-0.2, 0) is 10.3 Å². The number of carbonyl (C=O) groups excluding carboxylic acids is 2. The second-order valence-corrected chi connectivity index (χ2v) is 5.28. The first kappa shape index (κ1) is 15.1. The van der Waals surface area contributed by atoms with Crippen LogP contribution in [-0.4, -0.2) is 11.8 Å². The third-order valence-corrected chi connectivity index (χ3v) is 3.60. The molecule has 1 heterocycles. The van der Waals surface area contributed by atoms with Crippen LogP contribution in [0, 0.1) is 6.92 Å². The first-order valence-electron chi connectivity index (χ1n) is 6.27. The van der Waals surface area contributed by atoms with E-state index >= 15 is 0 Å². The molecular formula is C15H15ClN2O3. The van der Waals surface area contributed by atoms with Gasteiger partial charge in [0.05, 0.1) is 11.8 Å². The Kier molecular flexibility index (Phi) is 4.04. The van der Waals surface area contributed by atoms with Crippen LogP contribution < -0.4 is 11.1 Å². The number of hydrogen-bond donors (Lipinski definition) is 2. The van der Waals surface area contributed by atoms with Gasteiger partial charge < -0.3 is 15.5 Å². The molecule has 0 radical (unpaired) electrons. The standard InChI is InChI=1S/C15H15ClN2O3/c1-9-12(6-7-21-9)13(19)18-15(2,14(17)20)10-4-3-5-11(16)8-10/h3-8H,1-2H3,(H2,17,20)(H,18,19)/t15-/m0/s1. The van der Waals surface area contributed by atoms with E-state index in [1.807, 2.05) is 0 Å². The molecule has 21 heavy (non-hydrogen) atoms. The fourth-order valence-electron chi connectivity index (χ4n) is 1.99. The number of furan rings is 1. The lowest BCUT2D eigenvalue weighted by Crippen LogP contribution is -2.52. The molecule has 0 aliphatic rings. The second-order valence-electron chi connectivity index (χ2n) is 4.84. The van der Waals surface area contributed by atoms with Crippen molar-refractivity contribution in [2.24, 2.45) is 5.73 Å². The predicted octanol–water partition coefficient (Wildman–Crippen LogP) is 2.37. The fourth-order valence-corrected chi connectivity index (χ4v) is 2.18. The van der Waals surface area contributed by atoms with E-state index < -0.39 is 17.4 Å². The number of aryl methyl sites for hydroxylation is 1. The number of amides is 2. The minimum Gasteiger partial charge on any atom is -0.469 e. The molecule has 0 fully saturated rings. The van der Waals surface area contributed by atoms with E-state index in [9.17, 15) is 9.59 Å². The minimum absolute atomic E-state index is 0.351. The van der Waals surface area contributed by atoms with Gasteiger partial charge in [-0.2, -0.15) is 0 Å². The van der Waals surface area contributed by atoms with Crippen molar-refractivity contribution in [3.05, 3.63) is 58.5 Å². The molecule has 1 atom stereocenters. The lowest BCUT2D eigenvalue weighted by atomic mass is 9.90. The number of hydrogen-bond acceptors (Lipinski definition) is 3. The minimum atomic E-state index is -1.37. The van der Waals surface area contributed by atoms with E-state index in [2.05, 4.69) is 5.32 Å². The van der Waals surface area contributed by atoms with Crippen LogP contribution in [0.1, 0.15) is 28.6 Å². The summed E-state index contributed by atoms with van der Waals surface area (Å²) in [5.41, 5.74) is 4.97. The highest BCUT2D eigenvalue weighted by molar-refractivity contribution is 6.30. The zero-order valence-electron chi connectivity index (χ0n) is 11.6. The Bertz CT molecular complexity index is 696. The first-order chi connectivity index (χ1) is 9.84. The molecular weight excluding hydrogens is 292 g/mol. The van der Waals surface area contributed by atoms with Gasteiger partial charge >= 0.3 is 0 Å². The van der Waals surface area contributed by atoms with Crippen LogP contribution in [0.3, 0.4) is 0 Å². The van der Waals surface area contributed by atoms with Gasteiger partial charge in [0.1, 0.15) is 11.3 Å². The molecule has 2 rings (SSSR count). The zero-order chi connectivity index (χ0) is 15.6. The van der Waals surface area contributed by atoms with Gasteiger partial charge in [-0.3, -0.25) is 9.59 Å². The number of carbonyl (C=O) groups is 2. The monoisotopic (exact) mass is 306 g/mol. The van der Waals surface area contributed by atoms with E-state index in [4.69, 9.17) is 21.8 Å². The number of primary amides is 1. The number of benzene rings is 1. The molecule has 3 N–H and O–H groups in total. The van der Waals surface area contributed by atoms with Gasteiger partial charge in [0, 0.05) is 5.02 Å². The maximum atomic E-state index is 12.3.